The zero-order chi connectivity index (χ0) is 13.4. The number of carbonyl (C=O) groups is 1. The van der Waals surface area contributed by atoms with Crippen LogP contribution in [0.3, 0.4) is 0 Å². The summed E-state index contributed by atoms with van der Waals surface area (Å²) in [5.74, 6) is 1.03. The van der Waals surface area contributed by atoms with Gasteiger partial charge in [-0.15, -0.1) is 0 Å². The second-order valence-electron chi connectivity index (χ2n) is 4.42. The van der Waals surface area contributed by atoms with Gasteiger partial charge in [-0.1, -0.05) is 25.5 Å². The van der Waals surface area contributed by atoms with E-state index in [4.69, 9.17) is 4.74 Å². The highest BCUT2D eigenvalue weighted by atomic mass is 16.5. The van der Waals surface area contributed by atoms with E-state index in [-0.39, 0.29) is 5.91 Å². The van der Waals surface area contributed by atoms with E-state index in [1.165, 1.54) is 0 Å². The van der Waals surface area contributed by atoms with Crippen LogP contribution in [0.4, 0.5) is 0 Å². The Morgan fingerprint density at radius 3 is 2.44 bits per heavy atom. The molecule has 0 aliphatic rings. The smallest absolute Gasteiger partial charge is 0.226 e. The monoisotopic (exact) mass is 249 g/mol. The van der Waals surface area contributed by atoms with Gasteiger partial charge in [0, 0.05) is 13.6 Å². The van der Waals surface area contributed by atoms with Gasteiger partial charge in [0.25, 0.3) is 0 Å². The van der Waals surface area contributed by atoms with Gasteiger partial charge in [-0.25, -0.2) is 0 Å². The van der Waals surface area contributed by atoms with Gasteiger partial charge in [0.15, 0.2) is 0 Å². The van der Waals surface area contributed by atoms with E-state index in [2.05, 4.69) is 6.92 Å². The number of ether oxygens (including phenoxy) is 1. The average molecular weight is 249 g/mol. The quantitative estimate of drug-likeness (QED) is 0.743. The Morgan fingerprint density at radius 2 is 1.89 bits per heavy atom. The largest absolute Gasteiger partial charge is 0.494 e. The third kappa shape index (κ3) is 4.78. The van der Waals surface area contributed by atoms with Crippen LogP contribution in [-0.4, -0.2) is 31.0 Å². The Balaban J connectivity index is 2.48. The van der Waals surface area contributed by atoms with Crippen molar-refractivity contribution in [2.24, 2.45) is 0 Å². The number of amides is 1. The molecule has 3 nitrogen and oxygen atoms in total. The maximum atomic E-state index is 11.9. The first-order valence-electron chi connectivity index (χ1n) is 6.63. The van der Waals surface area contributed by atoms with Crippen LogP contribution in [0.5, 0.6) is 5.75 Å². The lowest BCUT2D eigenvalue weighted by Gasteiger charge is -2.16. The molecule has 0 N–H and O–H groups in total. The zero-order valence-corrected chi connectivity index (χ0v) is 11.6. The number of hydrogen-bond donors (Lipinski definition) is 0. The van der Waals surface area contributed by atoms with Crippen LogP contribution in [-0.2, 0) is 11.2 Å². The standard InChI is InChI=1S/C15H23NO2/c1-4-6-11-16(3)15(17)12-13-7-9-14(10-8-13)18-5-2/h7-10H,4-6,11-12H2,1-3H3. The minimum Gasteiger partial charge on any atom is -0.494 e. The second-order valence-corrected chi connectivity index (χ2v) is 4.42. The topological polar surface area (TPSA) is 29.5 Å². The second kappa shape index (κ2) is 7.75. The molecular formula is C15H23NO2. The third-order valence-electron chi connectivity index (χ3n) is 2.86. The molecule has 0 spiro atoms. The van der Waals surface area contributed by atoms with Gasteiger partial charge in [-0.3, -0.25) is 4.79 Å². The lowest BCUT2D eigenvalue weighted by atomic mass is 10.1. The molecular weight excluding hydrogens is 226 g/mol. The van der Waals surface area contributed by atoms with Crippen LogP contribution in [0.1, 0.15) is 32.3 Å². The summed E-state index contributed by atoms with van der Waals surface area (Å²) in [6.07, 6.45) is 2.64. The summed E-state index contributed by atoms with van der Waals surface area (Å²) in [7, 11) is 1.87. The number of hydrogen-bond acceptors (Lipinski definition) is 2. The fraction of sp³-hybridized carbons (Fsp3) is 0.533. The fourth-order valence-corrected chi connectivity index (χ4v) is 1.70. The highest BCUT2D eigenvalue weighted by Gasteiger charge is 2.08. The number of benzene rings is 1. The average Bonchev–Trinajstić information content (AvgIpc) is 2.38. The molecule has 1 aromatic rings. The molecule has 1 rings (SSSR count). The molecule has 0 aliphatic heterocycles. The first-order valence-corrected chi connectivity index (χ1v) is 6.63. The Morgan fingerprint density at radius 1 is 1.22 bits per heavy atom. The van der Waals surface area contributed by atoms with Gasteiger partial charge >= 0.3 is 0 Å². The van der Waals surface area contributed by atoms with Crippen molar-refractivity contribution in [1.82, 2.24) is 4.90 Å². The van der Waals surface area contributed by atoms with E-state index in [1.807, 2.05) is 38.2 Å². The summed E-state index contributed by atoms with van der Waals surface area (Å²) < 4.78 is 5.37. The van der Waals surface area contributed by atoms with Gasteiger partial charge < -0.3 is 9.64 Å². The number of nitrogens with zero attached hydrogens (tertiary/aromatic N) is 1. The Kier molecular flexibility index (Phi) is 6.26. The first-order chi connectivity index (χ1) is 8.67. The van der Waals surface area contributed by atoms with Crippen LogP contribution < -0.4 is 4.74 Å². The van der Waals surface area contributed by atoms with E-state index in [1.54, 1.807) is 4.90 Å². The van der Waals surface area contributed by atoms with Gasteiger partial charge in [-0.05, 0) is 31.0 Å². The molecule has 0 aromatic heterocycles. The maximum absolute atomic E-state index is 11.9. The van der Waals surface area contributed by atoms with Crippen molar-refractivity contribution in [2.75, 3.05) is 20.2 Å². The Labute approximate surface area is 110 Å². The number of rotatable bonds is 7. The summed E-state index contributed by atoms with van der Waals surface area (Å²) in [6.45, 7) is 5.59. The molecule has 1 amide bonds. The lowest BCUT2D eigenvalue weighted by molar-refractivity contribution is -0.129. The van der Waals surface area contributed by atoms with Crippen molar-refractivity contribution in [1.29, 1.82) is 0 Å². The van der Waals surface area contributed by atoms with Crippen molar-refractivity contribution in [2.45, 2.75) is 33.1 Å². The molecule has 0 unspecified atom stereocenters. The molecule has 100 valence electrons. The van der Waals surface area contributed by atoms with E-state index in [0.29, 0.717) is 13.0 Å². The normalized spacial score (nSPS) is 10.2. The van der Waals surface area contributed by atoms with Crippen LogP contribution in [0.2, 0.25) is 0 Å². The van der Waals surface area contributed by atoms with Gasteiger partial charge in [-0.2, -0.15) is 0 Å². The van der Waals surface area contributed by atoms with Crippen molar-refractivity contribution >= 4 is 5.91 Å². The molecule has 18 heavy (non-hydrogen) atoms. The van der Waals surface area contributed by atoms with Crippen LogP contribution in [0.15, 0.2) is 24.3 Å². The molecule has 0 bridgehead atoms. The van der Waals surface area contributed by atoms with Crippen molar-refractivity contribution in [3.63, 3.8) is 0 Å². The van der Waals surface area contributed by atoms with Gasteiger partial charge in [0.1, 0.15) is 5.75 Å². The van der Waals surface area contributed by atoms with E-state index in [0.717, 1.165) is 30.7 Å². The Hall–Kier alpha value is -1.51. The molecule has 0 fully saturated rings. The summed E-state index contributed by atoms with van der Waals surface area (Å²) in [5.41, 5.74) is 1.03. The third-order valence-corrected chi connectivity index (χ3v) is 2.86. The SMILES string of the molecule is CCCCN(C)C(=O)Cc1ccc(OCC)cc1. The molecule has 1 aromatic carbocycles. The highest BCUT2D eigenvalue weighted by molar-refractivity contribution is 5.78. The van der Waals surface area contributed by atoms with E-state index in [9.17, 15) is 4.79 Å². The summed E-state index contributed by atoms with van der Waals surface area (Å²) in [6, 6.07) is 7.74. The molecule has 0 atom stereocenters. The molecule has 0 heterocycles. The molecule has 0 radical (unpaired) electrons. The van der Waals surface area contributed by atoms with Crippen LogP contribution in [0, 0.1) is 0 Å². The lowest BCUT2D eigenvalue weighted by Crippen LogP contribution is -2.29. The van der Waals surface area contributed by atoms with Crippen molar-refractivity contribution in [3.05, 3.63) is 29.8 Å². The van der Waals surface area contributed by atoms with Crippen molar-refractivity contribution < 1.29 is 9.53 Å². The summed E-state index contributed by atoms with van der Waals surface area (Å²) >= 11 is 0. The summed E-state index contributed by atoms with van der Waals surface area (Å²) in [4.78, 5) is 13.7. The van der Waals surface area contributed by atoms with Crippen LogP contribution >= 0.6 is 0 Å². The predicted octanol–water partition coefficient (Wildman–Crippen LogP) is 2.89. The van der Waals surface area contributed by atoms with E-state index < -0.39 is 0 Å². The zero-order valence-electron chi connectivity index (χ0n) is 11.6. The van der Waals surface area contributed by atoms with Gasteiger partial charge in [0.05, 0.1) is 13.0 Å². The first kappa shape index (κ1) is 14.6. The maximum Gasteiger partial charge on any atom is 0.226 e. The van der Waals surface area contributed by atoms with Crippen LogP contribution in [0.25, 0.3) is 0 Å². The number of carbonyl (C=O) groups excluding carboxylic acids is 1. The van der Waals surface area contributed by atoms with E-state index >= 15 is 0 Å². The minimum absolute atomic E-state index is 0.174. The van der Waals surface area contributed by atoms with Gasteiger partial charge in [0.2, 0.25) is 5.91 Å². The molecule has 3 heteroatoms. The fourth-order valence-electron chi connectivity index (χ4n) is 1.70. The molecule has 0 saturated heterocycles. The molecule has 0 saturated carbocycles. The van der Waals surface area contributed by atoms with Crippen molar-refractivity contribution in [3.8, 4) is 5.75 Å². The highest BCUT2D eigenvalue weighted by Crippen LogP contribution is 2.13. The minimum atomic E-state index is 0.174. The predicted molar refractivity (Wildman–Crippen MR) is 73.9 cm³/mol. The number of unbranched alkanes of at least 4 members (excludes halogenated alkanes) is 1. The molecule has 0 aliphatic carbocycles. The summed E-state index contributed by atoms with van der Waals surface area (Å²) in [5, 5.41) is 0. The Bertz CT molecular complexity index is 359. The number of likely N-dealkylation sites (N-methyl/N-ethyl adjacent to an activating group) is 1.